The number of hydrogen-bond acceptors (Lipinski definition) is 4. The highest BCUT2D eigenvalue weighted by molar-refractivity contribution is 6.11. The summed E-state index contributed by atoms with van der Waals surface area (Å²) < 4.78 is 7.08. The molecule has 0 spiro atoms. The van der Waals surface area contributed by atoms with Gasteiger partial charge in [-0.2, -0.15) is 0 Å². The number of pyridine rings is 1. The van der Waals surface area contributed by atoms with Gasteiger partial charge in [-0.25, -0.2) is 4.79 Å². The second-order valence-electron chi connectivity index (χ2n) is 7.56. The first kappa shape index (κ1) is 19.1. The van der Waals surface area contributed by atoms with Crippen molar-refractivity contribution < 1.29 is 9.84 Å². The first-order chi connectivity index (χ1) is 15.0. The zero-order valence-corrected chi connectivity index (χ0v) is 17.0. The van der Waals surface area contributed by atoms with Crippen molar-refractivity contribution in [1.29, 1.82) is 0 Å². The van der Waals surface area contributed by atoms with Crippen molar-refractivity contribution in [3.05, 3.63) is 74.2 Å². The summed E-state index contributed by atoms with van der Waals surface area (Å²) in [5.74, 6) is 0.451. The van der Waals surface area contributed by atoms with Crippen LogP contribution in [0.4, 0.5) is 0 Å². The van der Waals surface area contributed by atoms with Crippen LogP contribution in [0.2, 0.25) is 0 Å². The minimum Gasteiger partial charge on any atom is -0.494 e. The monoisotopic (exact) mass is 415 g/mol. The van der Waals surface area contributed by atoms with Gasteiger partial charge in [-0.15, -0.1) is 0 Å². The highest BCUT2D eigenvalue weighted by Gasteiger charge is 2.17. The summed E-state index contributed by atoms with van der Waals surface area (Å²) in [7, 11) is 1.52. The summed E-state index contributed by atoms with van der Waals surface area (Å²) >= 11 is 0. The molecule has 156 valence electrons. The first-order valence-electron chi connectivity index (χ1n) is 10.0. The molecule has 0 saturated heterocycles. The number of methoxy groups -OCH3 is 1. The van der Waals surface area contributed by atoms with Crippen molar-refractivity contribution >= 4 is 39.2 Å². The lowest BCUT2D eigenvalue weighted by Gasteiger charge is -2.17. The van der Waals surface area contributed by atoms with Crippen molar-refractivity contribution in [2.24, 2.45) is 0 Å². The molecule has 0 fully saturated rings. The summed E-state index contributed by atoms with van der Waals surface area (Å²) in [5.41, 5.74) is 2.22. The molecule has 0 aliphatic heterocycles. The number of fused-ring (bicyclic) bond motifs is 1. The average molecular weight is 415 g/mol. The summed E-state index contributed by atoms with van der Waals surface area (Å²) in [6.07, 6.45) is 1.39. The average Bonchev–Trinajstić information content (AvgIpc) is 3.14. The van der Waals surface area contributed by atoms with E-state index in [1.807, 2.05) is 30.3 Å². The minimum absolute atomic E-state index is 0.117. The van der Waals surface area contributed by atoms with Crippen LogP contribution in [0, 0.1) is 0 Å². The van der Waals surface area contributed by atoms with E-state index in [0.717, 1.165) is 28.1 Å². The van der Waals surface area contributed by atoms with E-state index in [1.54, 1.807) is 12.1 Å². The van der Waals surface area contributed by atoms with Crippen LogP contribution in [0.25, 0.3) is 44.8 Å². The number of benzene rings is 3. The Morgan fingerprint density at radius 3 is 2.52 bits per heavy atom. The van der Waals surface area contributed by atoms with Crippen LogP contribution in [-0.4, -0.2) is 33.4 Å². The molecule has 0 saturated carbocycles. The normalized spacial score (nSPS) is 11.7. The fraction of sp³-hybridized carbons (Fsp3) is 0.167. The molecule has 7 nitrogen and oxygen atoms in total. The maximum atomic E-state index is 13.6. The summed E-state index contributed by atoms with van der Waals surface area (Å²) in [4.78, 5) is 30.8. The number of hydrogen-bond donors (Lipinski definition) is 3. The number of aryl methyl sites for hydroxylation is 1. The van der Waals surface area contributed by atoms with Gasteiger partial charge < -0.3 is 19.8 Å². The number of aliphatic hydroxyl groups is 1. The van der Waals surface area contributed by atoms with E-state index < -0.39 is 0 Å². The van der Waals surface area contributed by atoms with E-state index in [2.05, 4.69) is 16.5 Å². The van der Waals surface area contributed by atoms with Gasteiger partial charge in [0.15, 0.2) is 0 Å². The highest BCUT2D eigenvalue weighted by Crippen LogP contribution is 2.29. The summed E-state index contributed by atoms with van der Waals surface area (Å²) in [6, 6.07) is 13.1. The van der Waals surface area contributed by atoms with E-state index in [4.69, 9.17) is 4.74 Å². The van der Waals surface area contributed by atoms with Gasteiger partial charge in [-0.1, -0.05) is 30.8 Å². The van der Waals surface area contributed by atoms with Crippen LogP contribution in [0.15, 0.2) is 52.1 Å². The Kier molecular flexibility index (Phi) is 4.41. The van der Waals surface area contributed by atoms with Crippen LogP contribution in [0.3, 0.4) is 0 Å². The van der Waals surface area contributed by atoms with Gasteiger partial charge in [0.05, 0.1) is 29.2 Å². The number of H-pyrrole nitrogens is 2. The number of aromatic amines is 2. The summed E-state index contributed by atoms with van der Waals surface area (Å²) in [5, 5.41) is 13.1. The third kappa shape index (κ3) is 2.85. The molecule has 0 bridgehead atoms. The molecule has 0 atom stereocenters. The Labute approximate surface area is 176 Å². The summed E-state index contributed by atoms with van der Waals surface area (Å²) in [6.45, 7) is 4.35. The van der Waals surface area contributed by atoms with Crippen molar-refractivity contribution in [3.8, 4) is 11.4 Å². The molecule has 0 amide bonds. The molecule has 0 unspecified atom stereocenters. The van der Waals surface area contributed by atoms with Crippen molar-refractivity contribution in [1.82, 2.24) is 14.5 Å². The molecule has 0 aliphatic carbocycles. The van der Waals surface area contributed by atoms with E-state index in [0.29, 0.717) is 39.6 Å². The lowest BCUT2D eigenvalue weighted by atomic mass is 9.95. The zero-order chi connectivity index (χ0) is 21.7. The predicted octanol–water partition coefficient (Wildman–Crippen LogP) is 2.38. The minimum atomic E-state index is -0.330. The molecular weight excluding hydrogens is 394 g/mol. The molecule has 5 rings (SSSR count). The Morgan fingerprint density at radius 1 is 1.03 bits per heavy atom. The standard InChI is InChI=1S/C24H21N3O4/c1-13-15-9-8-14(5-4-10-28)16-6-3-7-17(22(15)16)23(29)27(13)20-11-18-19(12-21(20)31-2)26-24(30)25-18/h3,6-9,11-12,28H,1,4-5,10H2,2H3,(H2,25,26,30). The number of ether oxygens (including phenoxy) is 1. The highest BCUT2D eigenvalue weighted by atomic mass is 16.5. The number of aromatic nitrogens is 3. The van der Waals surface area contributed by atoms with Gasteiger partial charge in [0.1, 0.15) is 5.75 Å². The zero-order valence-electron chi connectivity index (χ0n) is 17.0. The first-order valence-corrected chi connectivity index (χ1v) is 10.0. The van der Waals surface area contributed by atoms with Gasteiger partial charge in [0.25, 0.3) is 5.56 Å². The molecule has 7 heteroatoms. The fourth-order valence-electron chi connectivity index (χ4n) is 4.38. The Bertz CT molecular complexity index is 1590. The van der Waals surface area contributed by atoms with Crippen LogP contribution >= 0.6 is 0 Å². The molecule has 0 aliphatic rings. The number of aliphatic hydroxyl groups excluding tert-OH is 1. The Morgan fingerprint density at radius 2 is 1.77 bits per heavy atom. The number of nitrogens with one attached hydrogen (secondary N) is 2. The van der Waals surface area contributed by atoms with Gasteiger partial charge in [0.2, 0.25) is 0 Å². The lowest BCUT2D eigenvalue weighted by Crippen LogP contribution is -2.32. The van der Waals surface area contributed by atoms with E-state index in [9.17, 15) is 14.7 Å². The number of nitrogens with zero attached hydrogens (tertiary/aromatic N) is 1. The topological polar surface area (TPSA) is 100 Å². The third-order valence-electron chi connectivity index (χ3n) is 5.81. The third-order valence-corrected chi connectivity index (χ3v) is 5.81. The molecular formula is C24H21N3O4. The second-order valence-corrected chi connectivity index (χ2v) is 7.56. The van der Waals surface area contributed by atoms with E-state index >= 15 is 0 Å². The Balaban J connectivity index is 1.89. The molecule has 2 aromatic heterocycles. The largest absolute Gasteiger partial charge is 0.494 e. The van der Waals surface area contributed by atoms with Crippen LogP contribution in [0.5, 0.6) is 5.75 Å². The van der Waals surface area contributed by atoms with Gasteiger partial charge in [-0.3, -0.25) is 9.36 Å². The molecule has 5 aromatic rings. The Hall–Kier alpha value is -3.84. The van der Waals surface area contributed by atoms with Crippen molar-refractivity contribution in [3.63, 3.8) is 0 Å². The predicted molar refractivity (Wildman–Crippen MR) is 122 cm³/mol. The molecule has 2 heterocycles. The van der Waals surface area contributed by atoms with E-state index in [-0.39, 0.29) is 17.9 Å². The number of rotatable bonds is 5. The maximum Gasteiger partial charge on any atom is 0.323 e. The molecule has 3 aromatic carbocycles. The van der Waals surface area contributed by atoms with Crippen LogP contribution < -0.4 is 21.3 Å². The molecule has 0 radical (unpaired) electrons. The van der Waals surface area contributed by atoms with Gasteiger partial charge in [-0.05, 0) is 35.9 Å². The van der Waals surface area contributed by atoms with Gasteiger partial charge >= 0.3 is 5.69 Å². The SMILES string of the molecule is C=c1c2ccc(CCCO)c3cccc(c(=O)n1-c1cc4[nH]c(=O)[nH]c4cc1OC)c32. The second kappa shape index (κ2) is 7.14. The van der Waals surface area contributed by atoms with Crippen LogP contribution in [0.1, 0.15) is 12.0 Å². The van der Waals surface area contributed by atoms with Crippen molar-refractivity contribution in [2.45, 2.75) is 12.8 Å². The number of imidazole rings is 1. The fourth-order valence-corrected chi connectivity index (χ4v) is 4.38. The quantitative estimate of drug-likeness (QED) is 0.410. The van der Waals surface area contributed by atoms with Crippen LogP contribution in [-0.2, 0) is 6.42 Å². The molecule has 3 N–H and O–H groups in total. The lowest BCUT2D eigenvalue weighted by molar-refractivity contribution is 0.289. The maximum absolute atomic E-state index is 13.6. The van der Waals surface area contributed by atoms with E-state index in [1.165, 1.54) is 11.7 Å². The molecule has 31 heavy (non-hydrogen) atoms. The van der Waals surface area contributed by atoms with Gasteiger partial charge in [0, 0.05) is 28.8 Å². The van der Waals surface area contributed by atoms with Crippen molar-refractivity contribution in [2.75, 3.05) is 13.7 Å². The smallest absolute Gasteiger partial charge is 0.323 e.